The fraction of sp³-hybridized carbons (Fsp3) is 0.400. The summed E-state index contributed by atoms with van der Waals surface area (Å²) in [6, 6.07) is 13.1. The van der Waals surface area contributed by atoms with E-state index in [1.54, 1.807) is 12.1 Å². The van der Waals surface area contributed by atoms with Gasteiger partial charge in [-0.15, -0.1) is 0 Å². The quantitative estimate of drug-likeness (QED) is 0.650. The Morgan fingerprint density at radius 1 is 0.968 bits per heavy atom. The van der Waals surface area contributed by atoms with Crippen molar-refractivity contribution in [3.8, 4) is 0 Å². The van der Waals surface area contributed by atoms with Gasteiger partial charge >= 0.3 is 5.97 Å². The Hall–Kier alpha value is -3.15. The van der Waals surface area contributed by atoms with Crippen molar-refractivity contribution < 1.29 is 19.1 Å². The van der Waals surface area contributed by atoms with Gasteiger partial charge in [-0.3, -0.25) is 14.4 Å². The lowest BCUT2D eigenvalue weighted by Crippen LogP contribution is -2.32. The molecular formula is C25H32N2O4. The van der Waals surface area contributed by atoms with Crippen molar-refractivity contribution >= 4 is 23.5 Å². The van der Waals surface area contributed by atoms with Crippen LogP contribution in [0, 0.1) is 13.8 Å². The molecule has 6 nitrogen and oxygen atoms in total. The number of rotatable bonds is 7. The molecule has 0 spiro atoms. The Balaban J connectivity index is 1.79. The van der Waals surface area contributed by atoms with Crippen LogP contribution in [0.1, 0.15) is 61.2 Å². The molecule has 0 unspecified atom stereocenters. The number of benzene rings is 2. The Morgan fingerprint density at radius 2 is 1.55 bits per heavy atom. The van der Waals surface area contributed by atoms with E-state index in [-0.39, 0.29) is 24.3 Å². The molecular weight excluding hydrogens is 392 g/mol. The van der Waals surface area contributed by atoms with Crippen LogP contribution in [0.25, 0.3) is 0 Å². The zero-order valence-corrected chi connectivity index (χ0v) is 19.2. The van der Waals surface area contributed by atoms with Gasteiger partial charge in [-0.05, 0) is 55.0 Å². The van der Waals surface area contributed by atoms with Crippen LogP contribution in [0.2, 0.25) is 0 Å². The molecule has 6 heteroatoms. The summed E-state index contributed by atoms with van der Waals surface area (Å²) >= 11 is 0. The number of carbonyl (C=O) groups is 3. The Morgan fingerprint density at radius 3 is 2.10 bits per heavy atom. The molecule has 0 radical (unpaired) electrons. The first-order valence-corrected chi connectivity index (χ1v) is 10.4. The minimum absolute atomic E-state index is 0.0135. The molecule has 0 saturated carbocycles. The van der Waals surface area contributed by atoms with Gasteiger partial charge in [0, 0.05) is 17.8 Å². The molecule has 0 aromatic heterocycles. The van der Waals surface area contributed by atoms with Crippen LogP contribution in [0.4, 0.5) is 5.69 Å². The molecule has 0 fully saturated rings. The largest absolute Gasteiger partial charge is 0.452 e. The molecule has 2 rings (SSSR count). The zero-order chi connectivity index (χ0) is 23.2. The monoisotopic (exact) mass is 424 g/mol. The highest BCUT2D eigenvalue weighted by Gasteiger charge is 2.19. The van der Waals surface area contributed by atoms with Crippen molar-refractivity contribution in [3.63, 3.8) is 0 Å². The zero-order valence-electron chi connectivity index (χ0n) is 19.2. The van der Waals surface area contributed by atoms with Gasteiger partial charge < -0.3 is 15.4 Å². The fourth-order valence-corrected chi connectivity index (χ4v) is 3.05. The summed E-state index contributed by atoms with van der Waals surface area (Å²) < 4.78 is 5.20. The molecule has 2 N–H and O–H groups in total. The first kappa shape index (κ1) is 24.1. The van der Waals surface area contributed by atoms with Crippen LogP contribution < -0.4 is 10.6 Å². The second-order valence-corrected chi connectivity index (χ2v) is 8.72. The number of ether oxygens (including phenoxy) is 1. The second kappa shape index (κ2) is 10.2. The molecule has 1 atom stereocenters. The van der Waals surface area contributed by atoms with E-state index in [1.807, 2.05) is 44.2 Å². The van der Waals surface area contributed by atoms with E-state index in [1.165, 1.54) is 6.92 Å². The number of amides is 2. The number of hydrogen-bond donors (Lipinski definition) is 2. The minimum Gasteiger partial charge on any atom is -0.452 e. The maximum Gasteiger partial charge on any atom is 0.308 e. The first-order valence-electron chi connectivity index (χ1n) is 10.4. The third kappa shape index (κ3) is 6.95. The van der Waals surface area contributed by atoms with Crippen LogP contribution in [0.15, 0.2) is 42.5 Å². The summed E-state index contributed by atoms with van der Waals surface area (Å²) in [5.41, 5.74) is 4.28. The lowest BCUT2D eigenvalue weighted by Gasteiger charge is -2.19. The molecule has 0 saturated heterocycles. The highest BCUT2D eigenvalue weighted by Crippen LogP contribution is 2.22. The molecule has 2 aromatic carbocycles. The van der Waals surface area contributed by atoms with Gasteiger partial charge in [0.1, 0.15) is 0 Å². The Labute approximate surface area is 184 Å². The third-order valence-electron chi connectivity index (χ3n) is 5.03. The number of esters is 1. The Kier molecular flexibility index (Phi) is 7.97. The Bertz CT molecular complexity index is 923. The molecule has 166 valence electrons. The molecule has 0 heterocycles. The highest BCUT2D eigenvalue weighted by atomic mass is 16.5. The lowest BCUT2D eigenvalue weighted by atomic mass is 9.87. The molecule has 0 aliphatic carbocycles. The normalized spacial score (nSPS) is 12.1. The summed E-state index contributed by atoms with van der Waals surface area (Å²) in [6.07, 6.45) is -0.959. The average molecular weight is 425 g/mol. The van der Waals surface area contributed by atoms with Gasteiger partial charge in [0.15, 0.2) is 6.10 Å². The van der Waals surface area contributed by atoms with Crippen molar-refractivity contribution in [3.05, 3.63) is 64.7 Å². The van der Waals surface area contributed by atoms with E-state index in [9.17, 15) is 14.4 Å². The van der Waals surface area contributed by atoms with Crippen LogP contribution in [-0.2, 0) is 19.7 Å². The van der Waals surface area contributed by atoms with Crippen molar-refractivity contribution in [2.75, 3.05) is 11.9 Å². The SMILES string of the molecule is Cc1cccc(C)c1NC(=O)[C@H](C)OC(=O)CCNC(=O)c1ccc(C(C)(C)C)cc1. The number of carbonyl (C=O) groups excluding carboxylic acids is 3. The van der Waals surface area contributed by atoms with Crippen LogP contribution in [0.3, 0.4) is 0 Å². The molecule has 0 aliphatic rings. The second-order valence-electron chi connectivity index (χ2n) is 8.72. The van der Waals surface area contributed by atoms with Gasteiger partial charge in [0.2, 0.25) is 0 Å². The van der Waals surface area contributed by atoms with E-state index < -0.39 is 18.0 Å². The first-order chi connectivity index (χ1) is 14.5. The van der Waals surface area contributed by atoms with E-state index in [0.29, 0.717) is 5.56 Å². The van der Waals surface area contributed by atoms with Crippen LogP contribution in [-0.4, -0.2) is 30.4 Å². The maximum absolute atomic E-state index is 12.4. The van der Waals surface area contributed by atoms with Crippen molar-refractivity contribution in [2.24, 2.45) is 0 Å². The smallest absolute Gasteiger partial charge is 0.308 e. The van der Waals surface area contributed by atoms with Crippen LogP contribution >= 0.6 is 0 Å². The summed E-state index contributed by atoms with van der Waals surface area (Å²) in [4.78, 5) is 36.7. The van der Waals surface area contributed by atoms with Crippen molar-refractivity contribution in [2.45, 2.75) is 59.5 Å². The molecule has 2 aromatic rings. The molecule has 0 aliphatic heterocycles. The summed E-state index contributed by atoms with van der Waals surface area (Å²) in [7, 11) is 0. The number of nitrogens with one attached hydrogen (secondary N) is 2. The van der Waals surface area contributed by atoms with Gasteiger partial charge in [0.25, 0.3) is 11.8 Å². The molecule has 2 amide bonds. The average Bonchev–Trinajstić information content (AvgIpc) is 2.70. The minimum atomic E-state index is -0.938. The predicted octanol–water partition coefficient (Wildman–Crippen LogP) is 4.29. The van der Waals surface area contributed by atoms with Gasteiger partial charge in [-0.1, -0.05) is 51.1 Å². The van der Waals surface area contributed by atoms with Crippen molar-refractivity contribution in [1.82, 2.24) is 5.32 Å². The number of aryl methyl sites for hydroxylation is 2. The third-order valence-corrected chi connectivity index (χ3v) is 5.03. The summed E-state index contributed by atoms with van der Waals surface area (Å²) in [5, 5.41) is 5.51. The van der Waals surface area contributed by atoms with Gasteiger partial charge in [0.05, 0.1) is 6.42 Å². The van der Waals surface area contributed by atoms with E-state index in [2.05, 4.69) is 31.4 Å². The highest BCUT2D eigenvalue weighted by molar-refractivity contribution is 5.96. The number of para-hydroxylation sites is 1. The van der Waals surface area contributed by atoms with Crippen molar-refractivity contribution in [1.29, 1.82) is 0 Å². The van der Waals surface area contributed by atoms with Gasteiger partial charge in [-0.25, -0.2) is 0 Å². The summed E-state index contributed by atoms with van der Waals surface area (Å²) in [6.45, 7) is 11.8. The van der Waals surface area contributed by atoms with E-state index in [4.69, 9.17) is 4.74 Å². The number of hydrogen-bond acceptors (Lipinski definition) is 4. The lowest BCUT2D eigenvalue weighted by molar-refractivity contribution is -0.153. The molecule has 0 bridgehead atoms. The standard InChI is InChI=1S/C25H32N2O4/c1-16-8-7-9-17(2)22(16)27-23(29)18(3)31-21(28)14-15-26-24(30)19-10-12-20(13-11-19)25(4,5)6/h7-13,18H,14-15H2,1-6H3,(H,26,30)(H,27,29)/t18-/m0/s1. The van der Waals surface area contributed by atoms with E-state index >= 15 is 0 Å². The number of anilines is 1. The fourth-order valence-electron chi connectivity index (χ4n) is 3.05. The maximum atomic E-state index is 12.4. The van der Waals surface area contributed by atoms with Gasteiger partial charge in [-0.2, -0.15) is 0 Å². The van der Waals surface area contributed by atoms with Crippen LogP contribution in [0.5, 0.6) is 0 Å². The van der Waals surface area contributed by atoms with E-state index in [0.717, 1.165) is 22.4 Å². The molecule has 31 heavy (non-hydrogen) atoms. The topological polar surface area (TPSA) is 84.5 Å². The predicted molar refractivity (Wildman–Crippen MR) is 122 cm³/mol. The summed E-state index contributed by atoms with van der Waals surface area (Å²) in [5.74, 6) is -1.20.